The Morgan fingerprint density at radius 1 is 1.44 bits per heavy atom. The second-order valence-electron chi connectivity index (χ2n) is 3.47. The van der Waals surface area contributed by atoms with E-state index in [0.29, 0.717) is 12.4 Å². The van der Waals surface area contributed by atoms with Gasteiger partial charge in [-0.1, -0.05) is 0 Å². The summed E-state index contributed by atoms with van der Waals surface area (Å²) < 4.78 is 7.44. The SMILES string of the molecule is O=C(O)c1cc(I)ccc1OCc1cc(Br)cs1. The number of hydrogen-bond acceptors (Lipinski definition) is 3. The molecule has 0 aliphatic rings. The molecule has 0 saturated heterocycles. The Morgan fingerprint density at radius 2 is 2.22 bits per heavy atom. The molecule has 0 atom stereocenters. The highest BCUT2D eigenvalue weighted by Crippen LogP contribution is 2.25. The molecule has 0 radical (unpaired) electrons. The topological polar surface area (TPSA) is 46.5 Å². The summed E-state index contributed by atoms with van der Waals surface area (Å²) >= 11 is 7.01. The Labute approximate surface area is 130 Å². The van der Waals surface area contributed by atoms with Gasteiger partial charge in [0.1, 0.15) is 17.9 Å². The summed E-state index contributed by atoms with van der Waals surface area (Å²) in [7, 11) is 0. The van der Waals surface area contributed by atoms with E-state index in [1.807, 2.05) is 17.5 Å². The Hall–Kier alpha value is -0.600. The fourth-order valence-electron chi connectivity index (χ4n) is 1.37. The molecular weight excluding hydrogens is 431 g/mol. The van der Waals surface area contributed by atoms with E-state index >= 15 is 0 Å². The predicted molar refractivity (Wildman–Crippen MR) is 82.5 cm³/mol. The maximum absolute atomic E-state index is 11.1. The average molecular weight is 439 g/mol. The average Bonchev–Trinajstić information content (AvgIpc) is 2.73. The van der Waals surface area contributed by atoms with Crippen molar-refractivity contribution in [1.29, 1.82) is 0 Å². The predicted octanol–water partition coefficient (Wildman–Crippen LogP) is 4.39. The molecule has 0 aliphatic carbocycles. The van der Waals surface area contributed by atoms with E-state index in [-0.39, 0.29) is 5.56 Å². The number of rotatable bonds is 4. The van der Waals surface area contributed by atoms with Gasteiger partial charge in [-0.25, -0.2) is 4.79 Å². The Bertz CT molecular complexity index is 582. The Morgan fingerprint density at radius 3 is 2.83 bits per heavy atom. The lowest BCUT2D eigenvalue weighted by Gasteiger charge is -2.08. The molecule has 1 aromatic heterocycles. The highest BCUT2D eigenvalue weighted by Gasteiger charge is 2.12. The first-order valence-corrected chi connectivity index (χ1v) is 7.70. The first kappa shape index (κ1) is 13.8. The van der Waals surface area contributed by atoms with Crippen molar-refractivity contribution in [3.8, 4) is 5.75 Å². The van der Waals surface area contributed by atoms with Gasteiger partial charge in [0.2, 0.25) is 0 Å². The second kappa shape index (κ2) is 6.03. The summed E-state index contributed by atoms with van der Waals surface area (Å²) in [5.74, 6) is -0.580. The van der Waals surface area contributed by atoms with Gasteiger partial charge in [-0.2, -0.15) is 0 Å². The summed E-state index contributed by atoms with van der Waals surface area (Å²) in [5, 5.41) is 11.1. The summed E-state index contributed by atoms with van der Waals surface area (Å²) in [6.45, 7) is 0.372. The van der Waals surface area contributed by atoms with Crippen LogP contribution >= 0.6 is 49.9 Å². The summed E-state index contributed by atoms with van der Waals surface area (Å²) in [6.07, 6.45) is 0. The molecular formula is C12H8BrIO3S. The maximum atomic E-state index is 11.1. The molecule has 0 amide bonds. The first-order valence-electron chi connectivity index (χ1n) is 4.95. The van der Waals surface area contributed by atoms with Crippen LogP contribution in [0.3, 0.4) is 0 Å². The number of benzene rings is 1. The van der Waals surface area contributed by atoms with Gasteiger partial charge < -0.3 is 9.84 Å². The van der Waals surface area contributed by atoms with E-state index in [9.17, 15) is 4.79 Å². The number of carboxylic acid groups (broad SMARTS) is 1. The minimum absolute atomic E-state index is 0.192. The van der Waals surface area contributed by atoms with E-state index in [4.69, 9.17) is 9.84 Å². The van der Waals surface area contributed by atoms with Crippen molar-refractivity contribution in [2.75, 3.05) is 0 Å². The van der Waals surface area contributed by atoms with E-state index < -0.39 is 5.97 Å². The van der Waals surface area contributed by atoms with Gasteiger partial charge in [-0.05, 0) is 62.8 Å². The Kier molecular flexibility index (Phi) is 4.63. The number of carbonyl (C=O) groups is 1. The number of hydrogen-bond donors (Lipinski definition) is 1. The second-order valence-corrected chi connectivity index (χ2v) is 6.62. The van der Waals surface area contributed by atoms with Crippen LogP contribution in [-0.4, -0.2) is 11.1 Å². The van der Waals surface area contributed by atoms with E-state index in [0.717, 1.165) is 12.9 Å². The quantitative estimate of drug-likeness (QED) is 0.720. The third-order valence-electron chi connectivity index (χ3n) is 2.16. The maximum Gasteiger partial charge on any atom is 0.339 e. The molecule has 6 heteroatoms. The molecule has 18 heavy (non-hydrogen) atoms. The Balaban J connectivity index is 2.16. The van der Waals surface area contributed by atoms with Gasteiger partial charge in [0.05, 0.1) is 0 Å². The summed E-state index contributed by atoms with van der Waals surface area (Å²) in [6, 6.07) is 7.07. The zero-order valence-electron chi connectivity index (χ0n) is 9.02. The van der Waals surface area contributed by atoms with Gasteiger partial charge in [-0.3, -0.25) is 0 Å². The molecule has 1 N–H and O–H groups in total. The van der Waals surface area contributed by atoms with Crippen LogP contribution in [-0.2, 0) is 6.61 Å². The molecule has 0 aliphatic heterocycles. The van der Waals surface area contributed by atoms with Crippen molar-refractivity contribution >= 4 is 55.8 Å². The van der Waals surface area contributed by atoms with Crippen LogP contribution in [0.4, 0.5) is 0 Å². The van der Waals surface area contributed by atoms with Crippen molar-refractivity contribution in [2.24, 2.45) is 0 Å². The number of thiophene rings is 1. The molecule has 0 spiro atoms. The van der Waals surface area contributed by atoms with Gasteiger partial charge in [0.25, 0.3) is 0 Å². The van der Waals surface area contributed by atoms with Gasteiger partial charge in [0, 0.05) is 18.3 Å². The standard InChI is InChI=1S/C12H8BrIO3S/c13-7-3-9(18-6-7)5-17-11-2-1-8(14)4-10(11)12(15)16/h1-4,6H,5H2,(H,15,16). The van der Waals surface area contributed by atoms with Crippen molar-refractivity contribution in [1.82, 2.24) is 0 Å². The third kappa shape index (κ3) is 3.46. The molecule has 3 nitrogen and oxygen atoms in total. The van der Waals surface area contributed by atoms with Crippen LogP contribution in [0.2, 0.25) is 0 Å². The van der Waals surface area contributed by atoms with Gasteiger partial charge in [-0.15, -0.1) is 11.3 Å². The molecule has 0 unspecified atom stereocenters. The van der Waals surface area contributed by atoms with Gasteiger partial charge in [0.15, 0.2) is 0 Å². The summed E-state index contributed by atoms with van der Waals surface area (Å²) in [4.78, 5) is 12.1. The van der Waals surface area contributed by atoms with Crippen molar-refractivity contribution in [2.45, 2.75) is 6.61 Å². The monoisotopic (exact) mass is 438 g/mol. The number of aromatic carboxylic acids is 1. The van der Waals surface area contributed by atoms with E-state index in [1.165, 1.54) is 0 Å². The van der Waals surface area contributed by atoms with Crippen molar-refractivity contribution in [3.05, 3.63) is 48.1 Å². The van der Waals surface area contributed by atoms with E-state index in [2.05, 4.69) is 38.5 Å². The number of carboxylic acids is 1. The zero-order chi connectivity index (χ0) is 13.1. The molecule has 1 aromatic carbocycles. The lowest BCUT2D eigenvalue weighted by atomic mass is 10.2. The normalized spacial score (nSPS) is 10.3. The van der Waals surface area contributed by atoms with Crippen LogP contribution in [0.15, 0.2) is 34.1 Å². The molecule has 2 aromatic rings. The van der Waals surface area contributed by atoms with Crippen LogP contribution in [0.25, 0.3) is 0 Å². The van der Waals surface area contributed by atoms with Crippen LogP contribution in [0.1, 0.15) is 15.2 Å². The molecule has 0 bridgehead atoms. The molecule has 2 rings (SSSR count). The van der Waals surface area contributed by atoms with E-state index in [1.54, 1.807) is 23.5 Å². The van der Waals surface area contributed by atoms with Gasteiger partial charge >= 0.3 is 5.97 Å². The fourth-order valence-corrected chi connectivity index (χ4v) is 3.23. The first-order chi connectivity index (χ1) is 8.56. The smallest absolute Gasteiger partial charge is 0.339 e. The molecule has 0 saturated carbocycles. The molecule has 1 heterocycles. The third-order valence-corrected chi connectivity index (χ3v) is 4.51. The minimum atomic E-state index is -0.976. The number of halogens is 2. The highest BCUT2D eigenvalue weighted by atomic mass is 127. The van der Waals surface area contributed by atoms with Crippen LogP contribution in [0, 0.1) is 3.57 Å². The molecule has 0 fully saturated rings. The minimum Gasteiger partial charge on any atom is -0.487 e. The largest absolute Gasteiger partial charge is 0.487 e. The number of ether oxygens (including phenoxy) is 1. The zero-order valence-corrected chi connectivity index (χ0v) is 13.6. The lowest BCUT2D eigenvalue weighted by molar-refractivity contribution is 0.0691. The van der Waals surface area contributed by atoms with Crippen molar-refractivity contribution in [3.63, 3.8) is 0 Å². The van der Waals surface area contributed by atoms with Crippen molar-refractivity contribution < 1.29 is 14.6 Å². The highest BCUT2D eigenvalue weighted by molar-refractivity contribution is 14.1. The van der Waals surface area contributed by atoms with Crippen LogP contribution < -0.4 is 4.74 Å². The fraction of sp³-hybridized carbons (Fsp3) is 0.0833. The van der Waals surface area contributed by atoms with Crippen LogP contribution in [0.5, 0.6) is 5.75 Å². The summed E-state index contributed by atoms with van der Waals surface area (Å²) in [5.41, 5.74) is 0.192. The lowest BCUT2D eigenvalue weighted by Crippen LogP contribution is -2.03. The molecule has 94 valence electrons.